The molecule has 34 heavy (non-hydrogen) atoms. The van der Waals surface area contributed by atoms with Crippen molar-refractivity contribution in [3.63, 3.8) is 0 Å². The maximum Gasteiger partial charge on any atom is 0.325 e. The number of hydrogen-bond acceptors (Lipinski definition) is 9. The van der Waals surface area contributed by atoms with E-state index in [1.54, 1.807) is 18.2 Å². The highest BCUT2D eigenvalue weighted by molar-refractivity contribution is 7.93. The number of carbonyl (C=O) groups is 2. The Balaban J connectivity index is 1.81. The number of amides is 2. The first kappa shape index (κ1) is 26.1. The van der Waals surface area contributed by atoms with Crippen molar-refractivity contribution >= 4 is 53.8 Å². The van der Waals surface area contributed by atoms with Crippen LogP contribution < -0.4 is 20.1 Å². The zero-order valence-corrected chi connectivity index (χ0v) is 21.3. The Hall–Kier alpha value is -2.55. The second-order valence-corrected chi connectivity index (χ2v) is 13.0. The van der Waals surface area contributed by atoms with Gasteiger partial charge in [0.1, 0.15) is 9.96 Å². The summed E-state index contributed by atoms with van der Waals surface area (Å²) in [4.78, 5) is 29.8. The molecule has 1 saturated carbocycles. The van der Waals surface area contributed by atoms with Crippen LogP contribution in [0.4, 0.5) is 15.6 Å². The molecule has 0 bridgehead atoms. The summed E-state index contributed by atoms with van der Waals surface area (Å²) in [5.41, 5.74) is 0.583. The van der Waals surface area contributed by atoms with Gasteiger partial charge >= 0.3 is 6.03 Å². The second kappa shape index (κ2) is 10.4. The van der Waals surface area contributed by atoms with E-state index in [2.05, 4.69) is 20.3 Å². The molecule has 186 valence electrons. The van der Waals surface area contributed by atoms with Gasteiger partial charge in [-0.2, -0.15) is 0 Å². The molecule has 1 aliphatic rings. The van der Waals surface area contributed by atoms with E-state index < -0.39 is 25.9 Å². The van der Waals surface area contributed by atoms with Crippen LogP contribution in [0.5, 0.6) is 5.75 Å². The van der Waals surface area contributed by atoms with Gasteiger partial charge in [-0.05, 0) is 31.0 Å². The number of carbonyl (C=O) groups excluding carboxylic acids is 2. The normalized spacial score (nSPS) is 14.7. The third-order valence-electron chi connectivity index (χ3n) is 5.19. The number of sulfone groups is 1. The number of sulfonamides is 1. The summed E-state index contributed by atoms with van der Waals surface area (Å²) in [6.45, 7) is -0.348. The van der Waals surface area contributed by atoms with Gasteiger partial charge in [0.25, 0.3) is 0 Å². The summed E-state index contributed by atoms with van der Waals surface area (Å²) in [7, 11) is -5.82. The molecule has 0 unspecified atom stereocenters. The van der Waals surface area contributed by atoms with Crippen LogP contribution in [0.25, 0.3) is 0 Å². The van der Waals surface area contributed by atoms with Crippen LogP contribution in [0.15, 0.2) is 22.4 Å². The molecule has 3 rings (SSSR count). The fourth-order valence-electron chi connectivity index (χ4n) is 3.61. The van der Waals surface area contributed by atoms with Crippen molar-refractivity contribution in [2.75, 3.05) is 30.3 Å². The Kier molecular flexibility index (Phi) is 7.95. The summed E-state index contributed by atoms with van der Waals surface area (Å²) in [6.07, 6.45) is 5.44. The highest BCUT2D eigenvalue weighted by atomic mass is 32.2. The Morgan fingerprint density at radius 1 is 1.12 bits per heavy atom. The molecule has 0 spiro atoms. The molecule has 2 amide bonds. The predicted octanol–water partition coefficient (Wildman–Crippen LogP) is 2.62. The molecule has 0 aliphatic heterocycles. The maximum absolute atomic E-state index is 13.0. The van der Waals surface area contributed by atoms with Crippen LogP contribution in [0.2, 0.25) is 0 Å². The number of ether oxygens (including phenoxy) is 1. The highest BCUT2D eigenvalue weighted by Crippen LogP contribution is 2.33. The lowest BCUT2D eigenvalue weighted by Gasteiger charge is -2.15. The van der Waals surface area contributed by atoms with Crippen LogP contribution in [-0.4, -0.2) is 53.3 Å². The average Bonchev–Trinajstić information content (AvgIpc) is 3.41. The topological polar surface area (TPSA) is 161 Å². The zero-order chi connectivity index (χ0) is 25.1. The van der Waals surface area contributed by atoms with Gasteiger partial charge in [0, 0.05) is 17.7 Å². The van der Waals surface area contributed by atoms with Crippen LogP contribution in [0.3, 0.4) is 0 Å². The Morgan fingerprint density at radius 3 is 2.38 bits per heavy atom. The minimum absolute atomic E-state index is 0.0326. The van der Waals surface area contributed by atoms with E-state index in [0.29, 0.717) is 22.6 Å². The number of Topliss-reactive ketones (excluding diaryl/α,β-unsaturated/α-hetero) is 1. The van der Waals surface area contributed by atoms with Gasteiger partial charge in [0.05, 0.1) is 31.3 Å². The molecule has 14 heteroatoms. The number of methoxy groups -OCH3 is 1. The Morgan fingerprint density at radius 2 is 1.79 bits per heavy atom. The average molecular weight is 531 g/mol. The van der Waals surface area contributed by atoms with Crippen molar-refractivity contribution in [2.24, 2.45) is 5.92 Å². The Bertz CT molecular complexity index is 1300. The first-order chi connectivity index (χ1) is 15.9. The predicted molar refractivity (Wildman–Crippen MR) is 129 cm³/mol. The van der Waals surface area contributed by atoms with Gasteiger partial charge in [-0.1, -0.05) is 24.2 Å². The molecule has 1 aromatic heterocycles. The molecule has 0 radical (unpaired) electrons. The molecule has 1 aromatic carbocycles. The van der Waals surface area contributed by atoms with Crippen molar-refractivity contribution in [1.82, 2.24) is 9.71 Å². The summed E-state index contributed by atoms with van der Waals surface area (Å²) in [5.74, 6) is 0.291. The number of nitrogens with one attached hydrogen (secondary N) is 3. The van der Waals surface area contributed by atoms with Crippen molar-refractivity contribution in [1.29, 1.82) is 0 Å². The van der Waals surface area contributed by atoms with Crippen LogP contribution in [0, 0.1) is 5.92 Å². The fourth-order valence-corrected chi connectivity index (χ4v) is 6.11. The van der Waals surface area contributed by atoms with E-state index in [4.69, 9.17) is 4.74 Å². The number of benzene rings is 1. The third-order valence-corrected chi connectivity index (χ3v) is 8.73. The SMILES string of the molecule is COc1ccc(NC(=O)Nc2nc(CNS(C)(=O)=O)c(S(C)(=O)=O)s2)c(C(=O)C2CCCC2)c1. The zero-order valence-electron chi connectivity index (χ0n) is 18.9. The largest absolute Gasteiger partial charge is 0.497 e. The number of aromatic nitrogens is 1. The van der Waals surface area contributed by atoms with Gasteiger partial charge in [-0.15, -0.1) is 0 Å². The minimum Gasteiger partial charge on any atom is -0.497 e. The molecule has 3 N–H and O–H groups in total. The van der Waals surface area contributed by atoms with Crippen LogP contribution in [0.1, 0.15) is 41.7 Å². The number of nitrogens with zero attached hydrogens (tertiary/aromatic N) is 1. The van der Waals surface area contributed by atoms with Gasteiger partial charge < -0.3 is 10.1 Å². The second-order valence-electron chi connectivity index (χ2n) is 7.95. The van der Waals surface area contributed by atoms with E-state index in [9.17, 15) is 26.4 Å². The highest BCUT2D eigenvalue weighted by Gasteiger charge is 2.27. The summed E-state index contributed by atoms with van der Waals surface area (Å²) >= 11 is 0.700. The number of ketones is 1. The first-order valence-corrected chi connectivity index (χ1v) is 14.9. The number of hydrogen-bond donors (Lipinski definition) is 3. The van der Waals surface area contributed by atoms with Gasteiger partial charge in [-0.25, -0.2) is 31.3 Å². The lowest BCUT2D eigenvalue weighted by molar-refractivity contribution is 0.0923. The molecule has 1 fully saturated rings. The van der Waals surface area contributed by atoms with E-state index in [0.717, 1.165) is 38.2 Å². The lowest BCUT2D eigenvalue weighted by Crippen LogP contribution is -2.23. The quantitative estimate of drug-likeness (QED) is 0.417. The molecule has 0 atom stereocenters. The lowest BCUT2D eigenvalue weighted by atomic mass is 9.95. The molecule has 1 aliphatic carbocycles. The van der Waals surface area contributed by atoms with Crippen molar-refractivity contribution < 1.29 is 31.2 Å². The van der Waals surface area contributed by atoms with Crippen LogP contribution >= 0.6 is 11.3 Å². The third kappa shape index (κ3) is 6.74. The van der Waals surface area contributed by atoms with Crippen molar-refractivity contribution in [3.8, 4) is 5.75 Å². The summed E-state index contributed by atoms with van der Waals surface area (Å²) in [5, 5.41) is 5.03. The number of rotatable bonds is 9. The molecule has 0 saturated heterocycles. The summed E-state index contributed by atoms with van der Waals surface area (Å²) in [6, 6.07) is 4.02. The van der Waals surface area contributed by atoms with E-state index >= 15 is 0 Å². The number of anilines is 2. The maximum atomic E-state index is 13.0. The van der Waals surface area contributed by atoms with Gasteiger partial charge in [0.15, 0.2) is 20.8 Å². The van der Waals surface area contributed by atoms with E-state index in [1.165, 1.54) is 7.11 Å². The van der Waals surface area contributed by atoms with E-state index in [1.807, 2.05) is 0 Å². The molecular formula is C20H26N4O7S3. The smallest absolute Gasteiger partial charge is 0.325 e. The standard InChI is InChI=1S/C20H26N4O7S3/c1-31-13-8-9-15(14(10-13)17(25)12-6-4-5-7-12)22-19(26)24-20-23-16(11-21-34(3,29)30)18(32-20)33(2,27)28/h8-10,12,21H,4-7,11H2,1-3H3,(H2,22,23,24,26). The monoisotopic (exact) mass is 530 g/mol. The fraction of sp³-hybridized carbons (Fsp3) is 0.450. The van der Waals surface area contributed by atoms with Gasteiger partial charge in [-0.3, -0.25) is 10.1 Å². The molecule has 11 nitrogen and oxygen atoms in total. The van der Waals surface area contributed by atoms with Crippen LogP contribution in [-0.2, 0) is 26.4 Å². The summed E-state index contributed by atoms with van der Waals surface area (Å²) < 4.78 is 54.2. The first-order valence-electron chi connectivity index (χ1n) is 10.3. The number of thiazole rings is 1. The van der Waals surface area contributed by atoms with E-state index in [-0.39, 0.29) is 39.0 Å². The molecular weight excluding hydrogens is 504 g/mol. The Labute approximate surface area is 202 Å². The number of urea groups is 1. The minimum atomic E-state index is -3.72. The van der Waals surface area contributed by atoms with Crippen molar-refractivity contribution in [2.45, 2.75) is 36.4 Å². The van der Waals surface area contributed by atoms with Crippen molar-refractivity contribution in [3.05, 3.63) is 29.5 Å². The molecule has 1 heterocycles. The van der Waals surface area contributed by atoms with Gasteiger partial charge in [0.2, 0.25) is 10.0 Å². The molecule has 2 aromatic rings.